The van der Waals surface area contributed by atoms with Gasteiger partial charge in [-0.15, -0.1) is 0 Å². The van der Waals surface area contributed by atoms with E-state index in [4.69, 9.17) is 11.5 Å². The third-order valence-corrected chi connectivity index (χ3v) is 6.69. The molecular formula is C26H29FN8O. The number of halogens is 1. The zero-order chi connectivity index (χ0) is 25.6. The molecule has 0 aliphatic carbocycles. The first-order valence-corrected chi connectivity index (χ1v) is 12.0. The lowest BCUT2D eigenvalue weighted by Crippen LogP contribution is -2.38. The van der Waals surface area contributed by atoms with E-state index in [-0.39, 0.29) is 24.2 Å². The highest BCUT2D eigenvalue weighted by Crippen LogP contribution is 2.36. The van der Waals surface area contributed by atoms with Crippen LogP contribution >= 0.6 is 0 Å². The van der Waals surface area contributed by atoms with Gasteiger partial charge in [-0.1, -0.05) is 6.92 Å². The number of rotatable bonds is 5. The Morgan fingerprint density at radius 3 is 2.67 bits per heavy atom. The van der Waals surface area contributed by atoms with Crippen molar-refractivity contribution in [1.29, 1.82) is 0 Å². The number of benzene rings is 1. The summed E-state index contributed by atoms with van der Waals surface area (Å²) in [5.41, 5.74) is 15.6. The van der Waals surface area contributed by atoms with E-state index in [0.717, 1.165) is 23.1 Å². The molecule has 3 aromatic heterocycles. The van der Waals surface area contributed by atoms with Gasteiger partial charge in [0.05, 0.1) is 17.6 Å². The maximum Gasteiger partial charge on any atom is 0.244 e. The van der Waals surface area contributed by atoms with Crippen molar-refractivity contribution in [3.05, 3.63) is 53.9 Å². The van der Waals surface area contributed by atoms with Gasteiger partial charge in [0.15, 0.2) is 11.6 Å². The lowest BCUT2D eigenvalue weighted by molar-refractivity contribution is -0.133. The maximum atomic E-state index is 15.3. The van der Waals surface area contributed by atoms with Gasteiger partial charge < -0.3 is 21.7 Å². The van der Waals surface area contributed by atoms with Crippen LogP contribution in [0.3, 0.4) is 0 Å². The highest BCUT2D eigenvalue weighted by Gasteiger charge is 2.24. The number of anilines is 4. The Kier molecular flexibility index (Phi) is 5.95. The third kappa shape index (κ3) is 4.08. The van der Waals surface area contributed by atoms with E-state index in [1.54, 1.807) is 35.4 Å². The van der Waals surface area contributed by atoms with E-state index in [1.165, 1.54) is 0 Å². The normalized spacial score (nSPS) is 13.8. The van der Waals surface area contributed by atoms with Gasteiger partial charge in [0.2, 0.25) is 5.91 Å². The van der Waals surface area contributed by atoms with Crippen LogP contribution in [0.5, 0.6) is 0 Å². The Labute approximate surface area is 208 Å². The molecule has 4 aromatic rings. The average molecular weight is 489 g/mol. The Balaban J connectivity index is 1.48. The number of nitrogen functional groups attached to an aromatic ring is 2. The van der Waals surface area contributed by atoms with Gasteiger partial charge in [-0.2, -0.15) is 5.10 Å². The Hall–Kier alpha value is -4.21. The average Bonchev–Trinajstić information content (AvgIpc) is 3.13. The van der Waals surface area contributed by atoms with Crippen molar-refractivity contribution in [2.45, 2.75) is 46.2 Å². The van der Waals surface area contributed by atoms with Crippen molar-refractivity contribution in [3.63, 3.8) is 0 Å². The quantitative estimate of drug-likeness (QED) is 0.364. The Morgan fingerprint density at radius 1 is 1.11 bits per heavy atom. The predicted molar refractivity (Wildman–Crippen MR) is 139 cm³/mol. The van der Waals surface area contributed by atoms with Crippen LogP contribution in [0, 0.1) is 5.82 Å². The van der Waals surface area contributed by atoms with Gasteiger partial charge in [0.25, 0.3) is 0 Å². The molecule has 0 unspecified atom stereocenters. The molecule has 1 aliphatic rings. The van der Waals surface area contributed by atoms with Crippen LogP contribution in [0.15, 0.2) is 36.8 Å². The molecule has 0 atom stereocenters. The molecular weight excluding hydrogens is 459 g/mol. The largest absolute Gasteiger partial charge is 0.397 e. The molecule has 1 amide bonds. The van der Waals surface area contributed by atoms with Crippen LogP contribution in [-0.4, -0.2) is 43.1 Å². The Morgan fingerprint density at radius 2 is 1.92 bits per heavy atom. The molecule has 4 heterocycles. The number of nitrogens with one attached hydrogen (secondary N) is 1. The van der Waals surface area contributed by atoms with Crippen molar-refractivity contribution in [2.75, 3.05) is 23.3 Å². The van der Waals surface area contributed by atoms with E-state index in [0.29, 0.717) is 46.8 Å². The lowest BCUT2D eigenvalue weighted by Gasteiger charge is -2.24. The minimum absolute atomic E-state index is 0.0213. The molecule has 0 bridgehead atoms. The number of hydrogen-bond donors (Lipinski definition) is 3. The molecule has 0 saturated carbocycles. The number of carbonyl (C=O) groups is 1. The van der Waals surface area contributed by atoms with E-state index in [1.807, 2.05) is 31.7 Å². The Bertz CT molecular complexity index is 1480. The van der Waals surface area contributed by atoms with Crippen molar-refractivity contribution in [2.24, 2.45) is 0 Å². The smallest absolute Gasteiger partial charge is 0.244 e. The number of nitrogens with zero attached hydrogens (tertiary/aromatic N) is 5. The summed E-state index contributed by atoms with van der Waals surface area (Å²) in [5.74, 6) is 0.648. The van der Waals surface area contributed by atoms with Crippen LogP contribution in [0.4, 0.5) is 27.4 Å². The third-order valence-electron chi connectivity index (χ3n) is 6.69. The molecule has 0 saturated heterocycles. The number of aromatic nitrogens is 4. The van der Waals surface area contributed by atoms with Gasteiger partial charge in [0.1, 0.15) is 12.4 Å². The SMILES string of the molecule is CCc1c(N)cncc1-c1cc2cc(Nc3cc4n(n3)CC(=O)N(C(C)C)CC4)ncc2c(N)c1F. The van der Waals surface area contributed by atoms with E-state index < -0.39 is 5.82 Å². The number of nitrogens with two attached hydrogens (primary N) is 2. The highest BCUT2D eigenvalue weighted by molar-refractivity contribution is 5.98. The van der Waals surface area contributed by atoms with Gasteiger partial charge in [-0.25, -0.2) is 9.37 Å². The number of amides is 1. The molecule has 0 radical (unpaired) electrons. The summed E-state index contributed by atoms with van der Waals surface area (Å²) < 4.78 is 17.0. The summed E-state index contributed by atoms with van der Waals surface area (Å²) >= 11 is 0. The number of carbonyl (C=O) groups excluding carboxylic acids is 1. The number of pyridine rings is 2. The molecule has 9 nitrogen and oxygen atoms in total. The molecule has 1 aromatic carbocycles. The highest BCUT2D eigenvalue weighted by atomic mass is 19.1. The number of fused-ring (bicyclic) bond motifs is 2. The van der Waals surface area contributed by atoms with Crippen LogP contribution in [-0.2, 0) is 24.2 Å². The van der Waals surface area contributed by atoms with Crippen LogP contribution < -0.4 is 16.8 Å². The molecule has 5 N–H and O–H groups in total. The molecule has 0 spiro atoms. The fraction of sp³-hybridized carbons (Fsp3) is 0.308. The summed E-state index contributed by atoms with van der Waals surface area (Å²) in [5, 5.41) is 9.01. The standard InChI is InChI=1S/C26H29FN8O/c1-4-17-20(10-30-12-21(17)28)18-7-15-8-22(31-11-19(15)26(29)25(18)27)32-23-9-16-5-6-34(14(2)3)24(36)13-35(16)33-23/h7-12,14H,4-6,13,28-29H2,1-3H3,(H,31,32,33). The number of hydrogen-bond acceptors (Lipinski definition) is 7. The maximum absolute atomic E-state index is 15.3. The molecule has 1 aliphatic heterocycles. The molecule has 10 heteroatoms. The summed E-state index contributed by atoms with van der Waals surface area (Å²) in [6.45, 7) is 6.85. The second-order valence-corrected chi connectivity index (χ2v) is 9.29. The van der Waals surface area contributed by atoms with Gasteiger partial charge in [0, 0.05) is 59.7 Å². The van der Waals surface area contributed by atoms with E-state index in [9.17, 15) is 4.79 Å². The summed E-state index contributed by atoms with van der Waals surface area (Å²) in [6, 6.07) is 5.63. The second-order valence-electron chi connectivity index (χ2n) is 9.29. The van der Waals surface area contributed by atoms with Gasteiger partial charge in [-0.3, -0.25) is 14.5 Å². The first-order valence-electron chi connectivity index (χ1n) is 12.0. The lowest BCUT2D eigenvalue weighted by atomic mass is 9.95. The molecule has 0 fully saturated rings. The van der Waals surface area contributed by atoms with Crippen LogP contribution in [0.25, 0.3) is 21.9 Å². The fourth-order valence-electron chi connectivity index (χ4n) is 4.80. The zero-order valence-corrected chi connectivity index (χ0v) is 20.5. The molecule has 36 heavy (non-hydrogen) atoms. The molecule has 186 valence electrons. The van der Waals surface area contributed by atoms with E-state index in [2.05, 4.69) is 20.4 Å². The summed E-state index contributed by atoms with van der Waals surface area (Å²) in [7, 11) is 0. The van der Waals surface area contributed by atoms with E-state index >= 15 is 4.39 Å². The predicted octanol–water partition coefficient (Wildman–Crippen LogP) is 3.90. The summed E-state index contributed by atoms with van der Waals surface area (Å²) in [6.07, 6.45) is 6.07. The molecule has 5 rings (SSSR count). The fourth-order valence-corrected chi connectivity index (χ4v) is 4.80. The van der Waals surface area contributed by atoms with Gasteiger partial charge in [-0.05, 0) is 43.4 Å². The topological polar surface area (TPSA) is 128 Å². The van der Waals surface area contributed by atoms with Gasteiger partial charge >= 0.3 is 0 Å². The van der Waals surface area contributed by atoms with Crippen molar-refractivity contribution < 1.29 is 9.18 Å². The van der Waals surface area contributed by atoms with Crippen molar-refractivity contribution >= 4 is 39.7 Å². The first-order chi connectivity index (χ1) is 17.3. The van der Waals surface area contributed by atoms with Crippen molar-refractivity contribution in [1.82, 2.24) is 24.6 Å². The van der Waals surface area contributed by atoms with Crippen LogP contribution in [0.1, 0.15) is 32.0 Å². The minimum atomic E-state index is -0.523. The second kappa shape index (κ2) is 9.10. The first kappa shape index (κ1) is 23.5. The monoisotopic (exact) mass is 488 g/mol. The minimum Gasteiger partial charge on any atom is -0.397 e. The zero-order valence-electron chi connectivity index (χ0n) is 20.5. The van der Waals surface area contributed by atoms with Crippen LogP contribution in [0.2, 0.25) is 0 Å². The summed E-state index contributed by atoms with van der Waals surface area (Å²) in [4.78, 5) is 23.0. The van der Waals surface area contributed by atoms with Crippen molar-refractivity contribution in [3.8, 4) is 11.1 Å².